The molecule has 92 valence electrons. The smallest absolute Gasteiger partial charge is 0.225 e. The predicted molar refractivity (Wildman–Crippen MR) is 61.7 cm³/mol. The molecule has 0 spiro atoms. The van der Waals surface area contributed by atoms with E-state index in [1.54, 1.807) is 11.8 Å². The quantitative estimate of drug-likeness (QED) is 0.418. The molecular weight excluding hydrogens is 208 g/mol. The maximum absolute atomic E-state index is 11.6. The van der Waals surface area contributed by atoms with Crippen molar-refractivity contribution in [2.75, 3.05) is 19.6 Å². The molecule has 6 heteroatoms. The average Bonchev–Trinajstić information content (AvgIpc) is 2.61. The molecule has 1 saturated heterocycles. The molecule has 1 heterocycles. The molecule has 16 heavy (non-hydrogen) atoms. The van der Waals surface area contributed by atoms with Gasteiger partial charge in [0.2, 0.25) is 5.91 Å². The van der Waals surface area contributed by atoms with Crippen LogP contribution in [0.3, 0.4) is 0 Å². The Kier molecular flexibility index (Phi) is 4.54. The highest BCUT2D eigenvalue weighted by Crippen LogP contribution is 2.17. The third kappa shape index (κ3) is 4.06. The van der Waals surface area contributed by atoms with Crippen molar-refractivity contribution in [3.05, 3.63) is 0 Å². The Hall–Kier alpha value is -1.30. The van der Waals surface area contributed by atoms with Crippen molar-refractivity contribution in [1.29, 1.82) is 0 Å². The second kappa shape index (κ2) is 5.69. The van der Waals surface area contributed by atoms with Gasteiger partial charge in [0.15, 0.2) is 5.96 Å². The molecule has 1 aliphatic heterocycles. The van der Waals surface area contributed by atoms with Crippen LogP contribution >= 0.6 is 0 Å². The van der Waals surface area contributed by atoms with E-state index in [1.807, 2.05) is 0 Å². The number of guanidine groups is 1. The van der Waals surface area contributed by atoms with Crippen molar-refractivity contribution < 1.29 is 9.90 Å². The summed E-state index contributed by atoms with van der Waals surface area (Å²) in [6, 6.07) is 0. The Morgan fingerprint density at radius 3 is 2.88 bits per heavy atom. The largest absolute Gasteiger partial charge is 0.393 e. The van der Waals surface area contributed by atoms with Crippen LogP contribution < -0.4 is 11.5 Å². The Bertz CT molecular complexity index is 274. The van der Waals surface area contributed by atoms with Gasteiger partial charge in [0.05, 0.1) is 12.5 Å². The number of likely N-dealkylation sites (tertiary alicyclic amines) is 1. The molecule has 0 aliphatic carbocycles. The number of aliphatic imine (C=N–C) groups is 1. The van der Waals surface area contributed by atoms with Gasteiger partial charge in [-0.3, -0.25) is 9.79 Å². The van der Waals surface area contributed by atoms with Crippen molar-refractivity contribution in [3.63, 3.8) is 0 Å². The normalized spacial score (nSPS) is 21.9. The number of amides is 1. The summed E-state index contributed by atoms with van der Waals surface area (Å²) in [5.41, 5.74) is 10.5. The molecule has 0 aromatic rings. The van der Waals surface area contributed by atoms with E-state index < -0.39 is 6.10 Å². The van der Waals surface area contributed by atoms with Crippen LogP contribution in [0.4, 0.5) is 0 Å². The summed E-state index contributed by atoms with van der Waals surface area (Å²) in [6.45, 7) is 3.60. The van der Waals surface area contributed by atoms with Gasteiger partial charge in [-0.05, 0) is 19.3 Å². The molecule has 0 saturated carbocycles. The van der Waals surface area contributed by atoms with E-state index in [0.29, 0.717) is 19.0 Å². The molecule has 6 nitrogen and oxygen atoms in total. The Morgan fingerprint density at radius 2 is 2.31 bits per heavy atom. The molecule has 1 amide bonds. The van der Waals surface area contributed by atoms with Crippen LogP contribution in [0.2, 0.25) is 0 Å². The summed E-state index contributed by atoms with van der Waals surface area (Å²) >= 11 is 0. The maximum Gasteiger partial charge on any atom is 0.225 e. The molecule has 1 rings (SSSR count). The second-order valence-electron chi connectivity index (χ2n) is 4.31. The number of nitrogens with two attached hydrogens (primary N) is 2. The zero-order valence-corrected chi connectivity index (χ0v) is 9.59. The minimum Gasteiger partial charge on any atom is -0.393 e. The van der Waals surface area contributed by atoms with Crippen molar-refractivity contribution in [3.8, 4) is 0 Å². The average molecular weight is 228 g/mol. The van der Waals surface area contributed by atoms with Crippen molar-refractivity contribution in [2.24, 2.45) is 22.4 Å². The van der Waals surface area contributed by atoms with E-state index in [1.165, 1.54) is 0 Å². The molecule has 1 aliphatic rings. The van der Waals surface area contributed by atoms with Crippen LogP contribution in [-0.4, -0.2) is 47.6 Å². The Labute approximate surface area is 95.3 Å². The standard InChI is InChI=1S/C10H20N4O2/c1-7(15)4-9(16)14-3-2-8(6-14)5-13-10(11)12/h7-8,15H,2-6H2,1H3,(H4,11,12,13). The number of rotatable bonds is 4. The van der Waals surface area contributed by atoms with Crippen LogP contribution in [0.25, 0.3) is 0 Å². The highest BCUT2D eigenvalue weighted by Gasteiger charge is 2.26. The van der Waals surface area contributed by atoms with Gasteiger partial charge < -0.3 is 21.5 Å². The van der Waals surface area contributed by atoms with E-state index in [2.05, 4.69) is 4.99 Å². The van der Waals surface area contributed by atoms with Crippen LogP contribution in [-0.2, 0) is 4.79 Å². The molecule has 5 N–H and O–H groups in total. The number of nitrogens with zero attached hydrogens (tertiary/aromatic N) is 2. The highest BCUT2D eigenvalue weighted by molar-refractivity contribution is 5.77. The van der Waals surface area contributed by atoms with Gasteiger partial charge in [-0.2, -0.15) is 0 Å². The third-order valence-electron chi connectivity index (χ3n) is 2.64. The van der Waals surface area contributed by atoms with Crippen molar-refractivity contribution in [2.45, 2.75) is 25.9 Å². The lowest BCUT2D eigenvalue weighted by atomic mass is 10.1. The minimum atomic E-state index is -0.579. The molecule has 0 radical (unpaired) electrons. The fourth-order valence-corrected chi connectivity index (χ4v) is 1.82. The number of hydrogen-bond donors (Lipinski definition) is 3. The van der Waals surface area contributed by atoms with Gasteiger partial charge in [0.1, 0.15) is 0 Å². The minimum absolute atomic E-state index is 0.00204. The van der Waals surface area contributed by atoms with Gasteiger partial charge in [-0.15, -0.1) is 0 Å². The molecule has 2 atom stereocenters. The fraction of sp³-hybridized carbons (Fsp3) is 0.800. The van der Waals surface area contributed by atoms with Crippen LogP contribution in [0, 0.1) is 5.92 Å². The number of carbonyl (C=O) groups excluding carboxylic acids is 1. The number of hydrogen-bond acceptors (Lipinski definition) is 3. The predicted octanol–water partition coefficient (Wildman–Crippen LogP) is -1.12. The van der Waals surface area contributed by atoms with Crippen LogP contribution in [0.5, 0.6) is 0 Å². The lowest BCUT2D eigenvalue weighted by molar-refractivity contribution is -0.132. The van der Waals surface area contributed by atoms with E-state index in [-0.39, 0.29) is 18.3 Å². The number of aliphatic hydroxyl groups excluding tert-OH is 1. The molecule has 0 aromatic heterocycles. The van der Waals surface area contributed by atoms with E-state index in [9.17, 15) is 4.79 Å². The second-order valence-corrected chi connectivity index (χ2v) is 4.31. The Balaban J connectivity index is 2.34. The summed E-state index contributed by atoms with van der Waals surface area (Å²) in [7, 11) is 0. The molecule has 1 fully saturated rings. The number of aliphatic hydroxyl groups is 1. The summed E-state index contributed by atoms with van der Waals surface area (Å²) in [6.07, 6.45) is 0.529. The summed E-state index contributed by atoms with van der Waals surface area (Å²) in [5.74, 6) is 0.427. The van der Waals surface area contributed by atoms with E-state index >= 15 is 0 Å². The van der Waals surface area contributed by atoms with Gasteiger partial charge in [0, 0.05) is 19.6 Å². The lowest BCUT2D eigenvalue weighted by Crippen LogP contribution is -2.31. The molecular formula is C10H20N4O2. The van der Waals surface area contributed by atoms with Gasteiger partial charge >= 0.3 is 0 Å². The Morgan fingerprint density at radius 1 is 1.62 bits per heavy atom. The molecule has 0 aromatic carbocycles. The molecule has 2 unspecified atom stereocenters. The zero-order chi connectivity index (χ0) is 12.1. The lowest BCUT2D eigenvalue weighted by Gasteiger charge is -2.17. The highest BCUT2D eigenvalue weighted by atomic mass is 16.3. The third-order valence-corrected chi connectivity index (χ3v) is 2.64. The first kappa shape index (κ1) is 12.8. The zero-order valence-electron chi connectivity index (χ0n) is 9.59. The van der Waals surface area contributed by atoms with E-state index in [4.69, 9.17) is 16.6 Å². The maximum atomic E-state index is 11.6. The summed E-state index contributed by atoms with van der Waals surface area (Å²) < 4.78 is 0. The molecule has 0 bridgehead atoms. The SMILES string of the molecule is CC(O)CC(=O)N1CCC(CN=C(N)N)C1. The monoisotopic (exact) mass is 228 g/mol. The van der Waals surface area contributed by atoms with Crippen LogP contribution in [0.1, 0.15) is 19.8 Å². The fourth-order valence-electron chi connectivity index (χ4n) is 1.82. The topological polar surface area (TPSA) is 105 Å². The van der Waals surface area contributed by atoms with Crippen molar-refractivity contribution in [1.82, 2.24) is 4.90 Å². The first-order chi connectivity index (χ1) is 7.49. The number of carbonyl (C=O) groups is 1. The van der Waals surface area contributed by atoms with E-state index in [0.717, 1.165) is 13.0 Å². The van der Waals surface area contributed by atoms with Crippen molar-refractivity contribution >= 4 is 11.9 Å². The van der Waals surface area contributed by atoms with Crippen LogP contribution in [0.15, 0.2) is 4.99 Å². The van der Waals surface area contributed by atoms with Gasteiger partial charge in [-0.1, -0.05) is 0 Å². The summed E-state index contributed by atoms with van der Waals surface area (Å²) in [4.78, 5) is 17.3. The first-order valence-corrected chi connectivity index (χ1v) is 5.50. The van der Waals surface area contributed by atoms with Gasteiger partial charge in [-0.25, -0.2) is 0 Å². The first-order valence-electron chi connectivity index (χ1n) is 5.50. The van der Waals surface area contributed by atoms with Gasteiger partial charge in [0.25, 0.3) is 0 Å². The summed E-state index contributed by atoms with van der Waals surface area (Å²) in [5, 5.41) is 9.12.